The highest BCUT2D eigenvalue weighted by molar-refractivity contribution is 5.89. The number of rotatable bonds is 13. The van der Waals surface area contributed by atoms with Gasteiger partial charge in [-0.3, -0.25) is 0 Å². The molecule has 0 radical (unpaired) electrons. The highest BCUT2D eigenvalue weighted by Crippen LogP contribution is 2.31. The van der Waals surface area contributed by atoms with Gasteiger partial charge in [0.2, 0.25) is 12.0 Å². The molecule has 11 heteroatoms. The maximum atomic E-state index is 12.3. The number of hydrogen-bond donors (Lipinski definition) is 6. The maximum absolute atomic E-state index is 12.3. The molecule has 0 aromatic carbocycles. The lowest BCUT2D eigenvalue weighted by Gasteiger charge is -2.39. The molecule has 0 unspecified atom stereocenters. The predicted molar refractivity (Wildman–Crippen MR) is 104 cm³/mol. The monoisotopic (exact) mass is 450 g/mol. The van der Waals surface area contributed by atoms with Gasteiger partial charge in [0.1, 0.15) is 30.5 Å². The van der Waals surface area contributed by atoms with Gasteiger partial charge in [0.25, 0.3) is 0 Å². The van der Waals surface area contributed by atoms with Crippen LogP contribution < -0.4 is 0 Å². The molecule has 0 spiro atoms. The Morgan fingerprint density at radius 1 is 1.00 bits per heavy atom. The Kier molecular flexibility index (Phi) is 10.4. The molecule has 1 saturated heterocycles. The summed E-state index contributed by atoms with van der Waals surface area (Å²) in [6, 6.07) is 0. The smallest absolute Gasteiger partial charge is 0.378 e. The molecule has 0 aromatic rings. The zero-order valence-electron chi connectivity index (χ0n) is 17.6. The second-order valence-corrected chi connectivity index (χ2v) is 7.70. The van der Waals surface area contributed by atoms with Crippen LogP contribution in [0.3, 0.4) is 0 Å². The van der Waals surface area contributed by atoms with Crippen LogP contribution in [0.1, 0.15) is 45.4 Å². The van der Waals surface area contributed by atoms with Crippen molar-refractivity contribution in [3.05, 3.63) is 11.5 Å². The Morgan fingerprint density at radius 3 is 2.32 bits per heavy atom. The average molecular weight is 450 g/mol. The van der Waals surface area contributed by atoms with E-state index in [1.807, 2.05) is 0 Å². The van der Waals surface area contributed by atoms with Crippen LogP contribution in [0.4, 0.5) is 0 Å². The molecule has 2 heterocycles. The molecule has 0 amide bonds. The summed E-state index contributed by atoms with van der Waals surface area (Å²) in [5.74, 6) is -1.64. The van der Waals surface area contributed by atoms with Crippen molar-refractivity contribution < 1.29 is 54.4 Å². The van der Waals surface area contributed by atoms with E-state index in [-0.39, 0.29) is 12.4 Å². The highest BCUT2D eigenvalue weighted by Gasteiger charge is 2.48. The fourth-order valence-corrected chi connectivity index (χ4v) is 3.40. The molecule has 180 valence electrons. The topological polar surface area (TPSA) is 175 Å². The molecule has 2 rings (SSSR count). The minimum absolute atomic E-state index is 0.155. The van der Waals surface area contributed by atoms with Gasteiger partial charge in [0.15, 0.2) is 11.9 Å². The van der Waals surface area contributed by atoms with Crippen LogP contribution in [0.15, 0.2) is 11.5 Å². The van der Waals surface area contributed by atoms with Gasteiger partial charge in [-0.05, 0) is 6.42 Å². The van der Waals surface area contributed by atoms with Crippen molar-refractivity contribution in [2.45, 2.75) is 88.4 Å². The van der Waals surface area contributed by atoms with Gasteiger partial charge in [-0.2, -0.15) is 0 Å². The van der Waals surface area contributed by atoms with Crippen LogP contribution in [0, 0.1) is 0 Å². The molecule has 1 fully saturated rings. The van der Waals surface area contributed by atoms with E-state index < -0.39 is 67.9 Å². The van der Waals surface area contributed by atoms with Gasteiger partial charge < -0.3 is 49.6 Å². The molecule has 0 bridgehead atoms. The number of esters is 1. The Labute approximate surface area is 180 Å². The predicted octanol–water partition coefficient (Wildman–Crippen LogP) is -1.33. The molecule has 0 saturated carbocycles. The van der Waals surface area contributed by atoms with Crippen molar-refractivity contribution in [1.29, 1.82) is 0 Å². The van der Waals surface area contributed by atoms with Crippen molar-refractivity contribution in [3.63, 3.8) is 0 Å². The van der Waals surface area contributed by atoms with Gasteiger partial charge in [-0.25, -0.2) is 4.79 Å². The van der Waals surface area contributed by atoms with E-state index in [1.165, 1.54) is 0 Å². The third kappa shape index (κ3) is 6.51. The number of aliphatic hydroxyl groups is 6. The molecule has 6 N–H and O–H groups in total. The second-order valence-electron chi connectivity index (χ2n) is 7.70. The molecule has 2 aliphatic rings. The molecule has 11 nitrogen and oxygen atoms in total. The Morgan fingerprint density at radius 2 is 1.68 bits per heavy atom. The normalized spacial score (nSPS) is 32.2. The molecule has 7 atom stereocenters. The van der Waals surface area contributed by atoms with Crippen molar-refractivity contribution in [2.75, 3.05) is 19.8 Å². The lowest BCUT2D eigenvalue weighted by atomic mass is 9.99. The number of cyclic esters (lactones) is 1. The van der Waals surface area contributed by atoms with Crippen molar-refractivity contribution in [2.24, 2.45) is 0 Å². The first-order chi connectivity index (χ1) is 14.8. The average Bonchev–Trinajstić information content (AvgIpc) is 3.08. The van der Waals surface area contributed by atoms with Crippen molar-refractivity contribution in [3.8, 4) is 0 Å². The van der Waals surface area contributed by atoms with Gasteiger partial charge >= 0.3 is 5.97 Å². The zero-order chi connectivity index (χ0) is 23.0. The lowest BCUT2D eigenvalue weighted by Crippen LogP contribution is -2.59. The van der Waals surface area contributed by atoms with Crippen LogP contribution in [-0.4, -0.2) is 99.3 Å². The SMILES string of the molecule is CCCCCCCCOC1=C(O[C@H]2O[C@@H](CO)[C@H](O)[C@@H](O)[C@@H]2O)C(=O)O[C@@H]1[C@H](O)CO. The van der Waals surface area contributed by atoms with Crippen molar-refractivity contribution in [1.82, 2.24) is 0 Å². The largest absolute Gasteiger partial charge is 0.490 e. The first-order valence-electron chi connectivity index (χ1n) is 10.7. The van der Waals surface area contributed by atoms with E-state index in [0.29, 0.717) is 6.42 Å². The van der Waals surface area contributed by atoms with Crippen LogP contribution in [-0.2, 0) is 23.7 Å². The van der Waals surface area contributed by atoms with E-state index in [1.54, 1.807) is 0 Å². The number of ether oxygens (including phenoxy) is 4. The Bertz CT molecular complexity index is 594. The molecule has 0 aliphatic carbocycles. The van der Waals surface area contributed by atoms with E-state index >= 15 is 0 Å². The summed E-state index contributed by atoms with van der Waals surface area (Å²) in [5.41, 5.74) is 0. The molecule has 2 aliphatic heterocycles. The minimum atomic E-state index is -1.74. The number of carbonyl (C=O) groups excluding carboxylic acids is 1. The van der Waals surface area contributed by atoms with Crippen LogP contribution in [0.25, 0.3) is 0 Å². The third-order valence-corrected chi connectivity index (χ3v) is 5.28. The summed E-state index contributed by atoms with van der Waals surface area (Å²) < 4.78 is 21.4. The molecular formula is C20H34O11. The summed E-state index contributed by atoms with van der Waals surface area (Å²) in [5, 5.41) is 58.5. The number of carbonyl (C=O) groups is 1. The number of aliphatic hydroxyl groups excluding tert-OH is 6. The van der Waals surface area contributed by atoms with E-state index in [0.717, 1.165) is 32.1 Å². The number of unbranched alkanes of at least 4 members (excludes halogenated alkanes) is 5. The van der Waals surface area contributed by atoms with E-state index in [9.17, 15) is 35.4 Å². The second kappa shape index (κ2) is 12.5. The number of hydrogen-bond acceptors (Lipinski definition) is 11. The van der Waals surface area contributed by atoms with Crippen LogP contribution in [0.2, 0.25) is 0 Å². The zero-order valence-corrected chi connectivity index (χ0v) is 17.6. The van der Waals surface area contributed by atoms with Gasteiger partial charge in [-0.15, -0.1) is 0 Å². The summed E-state index contributed by atoms with van der Waals surface area (Å²) in [6.45, 7) is 0.960. The van der Waals surface area contributed by atoms with Gasteiger partial charge in [-0.1, -0.05) is 39.0 Å². The summed E-state index contributed by atoms with van der Waals surface area (Å²) >= 11 is 0. The van der Waals surface area contributed by atoms with Crippen LogP contribution in [0.5, 0.6) is 0 Å². The molecule has 31 heavy (non-hydrogen) atoms. The quantitative estimate of drug-likeness (QED) is 0.145. The van der Waals surface area contributed by atoms with Gasteiger partial charge in [0.05, 0.1) is 19.8 Å². The van der Waals surface area contributed by atoms with Crippen LogP contribution >= 0.6 is 0 Å². The Hall–Kier alpha value is -1.47. The minimum Gasteiger partial charge on any atom is -0.490 e. The van der Waals surface area contributed by atoms with Crippen molar-refractivity contribution >= 4 is 5.97 Å². The fraction of sp³-hybridized carbons (Fsp3) is 0.850. The Balaban J connectivity index is 2.10. The van der Waals surface area contributed by atoms with E-state index in [2.05, 4.69) is 6.92 Å². The maximum Gasteiger partial charge on any atom is 0.378 e. The molecule has 0 aromatic heterocycles. The molecular weight excluding hydrogens is 416 g/mol. The van der Waals surface area contributed by atoms with Gasteiger partial charge in [0, 0.05) is 0 Å². The van der Waals surface area contributed by atoms with E-state index in [4.69, 9.17) is 18.9 Å². The summed E-state index contributed by atoms with van der Waals surface area (Å²) in [4.78, 5) is 12.3. The first kappa shape index (κ1) is 25.8. The lowest BCUT2D eigenvalue weighted by molar-refractivity contribution is -0.291. The highest BCUT2D eigenvalue weighted by atomic mass is 16.7. The first-order valence-corrected chi connectivity index (χ1v) is 10.7. The fourth-order valence-electron chi connectivity index (χ4n) is 3.40. The third-order valence-electron chi connectivity index (χ3n) is 5.28. The summed E-state index contributed by atoms with van der Waals surface area (Å²) in [6.07, 6.45) is -4.63. The summed E-state index contributed by atoms with van der Waals surface area (Å²) in [7, 11) is 0. The standard InChI is InChI=1S/C20H34O11/c1-2-3-4-5-6-7-8-28-17-16(11(23)9-21)30-19(27)18(17)31-20-15(26)14(25)13(24)12(10-22)29-20/h11-16,20-26H,2-10H2,1H3/t11-,12+,13+,14-,15+,16-,20-/m1/s1.